The second-order valence-corrected chi connectivity index (χ2v) is 11.6. The monoisotopic (exact) mass is 579 g/mol. The van der Waals surface area contributed by atoms with Gasteiger partial charge in [-0.05, 0) is 72.8 Å². The number of halogens is 5. The summed E-state index contributed by atoms with van der Waals surface area (Å²) < 4.78 is 88.1. The van der Waals surface area contributed by atoms with Crippen molar-refractivity contribution in [1.82, 2.24) is 4.57 Å². The lowest BCUT2D eigenvalue weighted by Gasteiger charge is -2.12. The van der Waals surface area contributed by atoms with Crippen LogP contribution >= 0.6 is 0 Å². The summed E-state index contributed by atoms with van der Waals surface area (Å²) in [6.45, 7) is 0. The smallest absolute Gasteiger partial charge is 0.485 e. The van der Waals surface area contributed by atoms with Crippen LogP contribution in [0.3, 0.4) is 0 Å². The third kappa shape index (κ3) is 5.97. The molecule has 5 nitrogen and oxygen atoms in total. The zero-order valence-corrected chi connectivity index (χ0v) is 21.6. The first kappa shape index (κ1) is 28.3. The van der Waals surface area contributed by atoms with Crippen LogP contribution in [0.5, 0.6) is 0 Å². The molecule has 5 aromatic rings. The highest BCUT2D eigenvalue weighted by atomic mass is 32.2. The van der Waals surface area contributed by atoms with E-state index in [1.165, 1.54) is 24.3 Å². The number of para-hydroxylation sites is 1. The van der Waals surface area contributed by atoms with Crippen molar-refractivity contribution in [2.24, 2.45) is 7.05 Å². The molecule has 0 saturated heterocycles. The lowest BCUT2D eigenvalue weighted by atomic mass is 10.1. The van der Waals surface area contributed by atoms with Gasteiger partial charge in [-0.2, -0.15) is 13.2 Å². The topological polar surface area (TPSA) is 79.2 Å². The molecular formula is C27H18F5NO4S2. The summed E-state index contributed by atoms with van der Waals surface area (Å²) in [6.07, 6.45) is 0. The van der Waals surface area contributed by atoms with Gasteiger partial charge in [0.1, 0.15) is 11.6 Å². The van der Waals surface area contributed by atoms with E-state index in [0.29, 0.717) is 10.8 Å². The summed E-state index contributed by atoms with van der Waals surface area (Å²) in [5, 5.41) is 1.29. The van der Waals surface area contributed by atoms with Crippen molar-refractivity contribution in [3.05, 3.63) is 113 Å². The Morgan fingerprint density at radius 3 is 1.64 bits per heavy atom. The summed E-state index contributed by atoms with van der Waals surface area (Å²) in [5.41, 5.74) is -3.95. The molecule has 202 valence electrons. The number of fused-ring (bicyclic) bond motifs is 2. The Balaban J connectivity index is 0.000000386. The van der Waals surface area contributed by atoms with Crippen molar-refractivity contribution in [3.63, 3.8) is 0 Å². The van der Waals surface area contributed by atoms with E-state index < -0.39 is 26.5 Å². The van der Waals surface area contributed by atoms with Gasteiger partial charge >= 0.3 is 5.51 Å². The maximum atomic E-state index is 13.6. The molecule has 1 aromatic heterocycles. The zero-order chi connectivity index (χ0) is 28.5. The number of pyridine rings is 1. The lowest BCUT2D eigenvalue weighted by Crippen LogP contribution is -2.21. The van der Waals surface area contributed by atoms with E-state index >= 15 is 0 Å². The van der Waals surface area contributed by atoms with Crippen molar-refractivity contribution in [2.75, 3.05) is 0 Å². The SMILES string of the molecule is Cn1c2ccccc2c(=O)c2cc([S+](c3ccc(F)cc3)c3ccc(F)cc3)ccc21.O=S(=O)([O-])C(F)(F)F. The highest BCUT2D eigenvalue weighted by Crippen LogP contribution is 2.33. The van der Waals surface area contributed by atoms with E-state index in [9.17, 15) is 26.7 Å². The van der Waals surface area contributed by atoms with Crippen LogP contribution in [0.4, 0.5) is 22.0 Å². The standard InChI is InChI=1S/C26H18F2NOS.CHF3O3S/c1-29-24-5-3-2-4-22(24)26(30)23-16-21(14-15-25(23)29)31(19-10-6-17(27)7-11-19)20-12-8-18(28)9-13-20;2-1(3,4)8(5,6)7/h2-16H,1H3;(H,5,6,7)/q+1;/p-1. The van der Waals surface area contributed by atoms with Gasteiger partial charge in [-0.25, -0.2) is 17.2 Å². The fourth-order valence-electron chi connectivity index (χ4n) is 3.90. The van der Waals surface area contributed by atoms with Crippen molar-refractivity contribution in [3.8, 4) is 0 Å². The predicted octanol–water partition coefficient (Wildman–Crippen LogP) is 6.12. The third-order valence-electron chi connectivity index (χ3n) is 5.70. The van der Waals surface area contributed by atoms with E-state index in [1.807, 2.05) is 54.1 Å². The largest absolute Gasteiger partial charge is 0.741 e. The van der Waals surface area contributed by atoms with Crippen LogP contribution < -0.4 is 5.43 Å². The maximum absolute atomic E-state index is 13.6. The molecule has 0 radical (unpaired) electrons. The van der Waals surface area contributed by atoms with Gasteiger partial charge in [-0.1, -0.05) is 12.1 Å². The molecule has 0 bridgehead atoms. The normalized spacial score (nSPS) is 12.0. The Bertz CT molecular complexity index is 1770. The van der Waals surface area contributed by atoms with Gasteiger partial charge in [0.2, 0.25) is 0 Å². The van der Waals surface area contributed by atoms with Crippen molar-refractivity contribution in [1.29, 1.82) is 0 Å². The van der Waals surface area contributed by atoms with Crippen molar-refractivity contribution < 1.29 is 34.9 Å². The van der Waals surface area contributed by atoms with Crippen LogP contribution in [-0.2, 0) is 28.1 Å². The molecule has 0 atom stereocenters. The molecule has 0 spiro atoms. The molecule has 0 N–H and O–H groups in total. The molecule has 39 heavy (non-hydrogen) atoms. The van der Waals surface area contributed by atoms with E-state index in [4.69, 9.17) is 13.0 Å². The van der Waals surface area contributed by atoms with E-state index in [2.05, 4.69) is 0 Å². The molecule has 0 aliphatic rings. The molecule has 0 amide bonds. The summed E-state index contributed by atoms with van der Waals surface area (Å²) in [4.78, 5) is 16.0. The minimum Gasteiger partial charge on any atom is -0.741 e. The van der Waals surface area contributed by atoms with Gasteiger partial charge in [0, 0.05) is 18.5 Å². The molecule has 0 unspecified atom stereocenters. The van der Waals surface area contributed by atoms with Gasteiger partial charge in [0.05, 0.1) is 27.3 Å². The van der Waals surface area contributed by atoms with Crippen LogP contribution in [0.2, 0.25) is 0 Å². The van der Waals surface area contributed by atoms with Gasteiger partial charge in [-0.3, -0.25) is 4.79 Å². The van der Waals surface area contributed by atoms with E-state index in [1.54, 1.807) is 24.3 Å². The molecule has 0 aliphatic heterocycles. The quantitative estimate of drug-likeness (QED) is 0.0849. The predicted molar refractivity (Wildman–Crippen MR) is 137 cm³/mol. The van der Waals surface area contributed by atoms with Crippen molar-refractivity contribution >= 4 is 42.8 Å². The van der Waals surface area contributed by atoms with Gasteiger partial charge in [-0.15, -0.1) is 0 Å². The number of alkyl halides is 3. The summed E-state index contributed by atoms with van der Waals surface area (Å²) in [6, 6.07) is 26.1. The number of hydrogen-bond acceptors (Lipinski definition) is 4. The second-order valence-electron chi connectivity index (χ2n) is 8.20. The van der Waals surface area contributed by atoms with Gasteiger partial charge < -0.3 is 9.12 Å². The zero-order valence-electron chi connectivity index (χ0n) is 19.9. The molecule has 0 fully saturated rings. The Labute approximate surface area is 222 Å². The number of aryl methyl sites for hydroxylation is 1. The fourth-order valence-corrected chi connectivity index (χ4v) is 5.97. The highest BCUT2D eigenvalue weighted by molar-refractivity contribution is 7.97. The lowest BCUT2D eigenvalue weighted by molar-refractivity contribution is -0.0517. The fraction of sp³-hybridized carbons (Fsp3) is 0.0741. The Morgan fingerprint density at radius 1 is 0.718 bits per heavy atom. The first-order chi connectivity index (χ1) is 18.3. The molecular weight excluding hydrogens is 561 g/mol. The number of benzene rings is 4. The summed E-state index contributed by atoms with van der Waals surface area (Å²) in [7, 11) is -4.76. The first-order valence-electron chi connectivity index (χ1n) is 11.1. The van der Waals surface area contributed by atoms with Crippen LogP contribution in [-0.4, -0.2) is 23.0 Å². The number of nitrogens with zero attached hydrogens (tertiary/aromatic N) is 1. The van der Waals surface area contributed by atoms with Crippen LogP contribution in [0, 0.1) is 11.6 Å². The highest BCUT2D eigenvalue weighted by Gasteiger charge is 2.37. The van der Waals surface area contributed by atoms with Gasteiger partial charge in [0.15, 0.2) is 30.2 Å². The molecule has 1 heterocycles. The summed E-state index contributed by atoms with van der Waals surface area (Å²) >= 11 is 0. The van der Waals surface area contributed by atoms with E-state index in [0.717, 1.165) is 25.7 Å². The maximum Gasteiger partial charge on any atom is 0.485 e. The van der Waals surface area contributed by atoms with Crippen LogP contribution in [0.15, 0.2) is 110 Å². The third-order valence-corrected chi connectivity index (χ3v) is 8.48. The van der Waals surface area contributed by atoms with Crippen LogP contribution in [0.1, 0.15) is 0 Å². The Kier molecular flexibility index (Phi) is 7.82. The average molecular weight is 580 g/mol. The Morgan fingerprint density at radius 2 is 1.15 bits per heavy atom. The molecule has 4 aromatic carbocycles. The number of rotatable bonds is 3. The molecule has 5 rings (SSSR count). The Hall–Kier alpha value is -3.74. The molecule has 0 aliphatic carbocycles. The summed E-state index contributed by atoms with van der Waals surface area (Å²) in [5.74, 6) is -0.629. The van der Waals surface area contributed by atoms with Crippen molar-refractivity contribution in [2.45, 2.75) is 20.2 Å². The first-order valence-corrected chi connectivity index (χ1v) is 13.7. The van der Waals surface area contributed by atoms with Gasteiger partial charge in [0.25, 0.3) is 0 Å². The second kappa shape index (κ2) is 10.8. The minimum atomic E-state index is -6.09. The number of aromatic nitrogens is 1. The molecule has 12 heteroatoms. The van der Waals surface area contributed by atoms with E-state index in [-0.39, 0.29) is 17.1 Å². The molecule has 0 saturated carbocycles. The average Bonchev–Trinajstić information content (AvgIpc) is 2.89. The minimum absolute atomic E-state index is 0.0210. The van der Waals surface area contributed by atoms with Crippen LogP contribution in [0.25, 0.3) is 21.8 Å². The number of hydrogen-bond donors (Lipinski definition) is 0.